The number of anilines is 1. The number of benzene rings is 2. The maximum atomic E-state index is 13.5. The summed E-state index contributed by atoms with van der Waals surface area (Å²) in [7, 11) is 0. The van der Waals surface area contributed by atoms with Crippen LogP contribution in [-0.2, 0) is 10.4 Å². The fourth-order valence-electron chi connectivity index (χ4n) is 4.40. The Labute approximate surface area is 185 Å². The lowest BCUT2D eigenvalue weighted by Crippen LogP contribution is -2.59. The maximum Gasteiger partial charge on any atom is 0.245 e. The van der Waals surface area contributed by atoms with E-state index in [1.54, 1.807) is 0 Å². The minimum atomic E-state index is -1.01. The van der Waals surface area contributed by atoms with Gasteiger partial charge in [0.2, 0.25) is 5.91 Å². The van der Waals surface area contributed by atoms with Crippen molar-refractivity contribution in [3.8, 4) is 0 Å². The van der Waals surface area contributed by atoms with Crippen LogP contribution in [0.1, 0.15) is 45.2 Å². The van der Waals surface area contributed by atoms with E-state index in [0.717, 1.165) is 16.8 Å². The standard InChI is InChI=1S/C25H33ClN2O2/c1-17(2)22(27-21-8-6-7-18(3)15-21)23(29)28-14-13-25(30,24(4,5)16-28)19-9-11-20(26)12-10-19/h6-12,15,17,22,27,30H,13-14,16H2,1-5H3/t22-,25+/m1/s1. The van der Waals surface area contributed by atoms with Crippen LogP contribution in [0.15, 0.2) is 48.5 Å². The molecule has 0 bridgehead atoms. The van der Waals surface area contributed by atoms with E-state index < -0.39 is 11.0 Å². The normalized spacial score (nSPS) is 22.1. The first-order chi connectivity index (χ1) is 14.0. The van der Waals surface area contributed by atoms with Crippen LogP contribution in [0.25, 0.3) is 0 Å². The summed E-state index contributed by atoms with van der Waals surface area (Å²) < 4.78 is 0. The first kappa shape index (κ1) is 22.6. The third-order valence-electron chi connectivity index (χ3n) is 6.36. The molecule has 30 heavy (non-hydrogen) atoms. The fourth-order valence-corrected chi connectivity index (χ4v) is 4.52. The van der Waals surface area contributed by atoms with Crippen LogP contribution < -0.4 is 5.32 Å². The first-order valence-corrected chi connectivity index (χ1v) is 11.0. The minimum Gasteiger partial charge on any atom is -0.384 e. The SMILES string of the molecule is Cc1cccc(N[C@@H](C(=O)N2CC[C@](O)(c3ccc(Cl)cc3)C(C)(C)C2)C(C)C)c1. The molecule has 2 aromatic carbocycles. The minimum absolute atomic E-state index is 0.0812. The van der Waals surface area contributed by atoms with Gasteiger partial charge in [-0.2, -0.15) is 0 Å². The van der Waals surface area contributed by atoms with Gasteiger partial charge < -0.3 is 15.3 Å². The Balaban J connectivity index is 1.79. The average Bonchev–Trinajstić information content (AvgIpc) is 2.68. The number of carbonyl (C=O) groups excluding carboxylic acids is 1. The van der Waals surface area contributed by atoms with Gasteiger partial charge in [-0.3, -0.25) is 4.79 Å². The van der Waals surface area contributed by atoms with E-state index in [4.69, 9.17) is 11.6 Å². The number of carbonyl (C=O) groups is 1. The van der Waals surface area contributed by atoms with Crippen molar-refractivity contribution in [2.75, 3.05) is 18.4 Å². The summed E-state index contributed by atoms with van der Waals surface area (Å²) in [5.74, 6) is 0.218. The van der Waals surface area contributed by atoms with E-state index >= 15 is 0 Å². The largest absolute Gasteiger partial charge is 0.384 e. The first-order valence-electron chi connectivity index (χ1n) is 10.6. The Morgan fingerprint density at radius 3 is 2.40 bits per heavy atom. The van der Waals surface area contributed by atoms with Crippen molar-refractivity contribution in [2.45, 2.75) is 52.7 Å². The zero-order chi connectivity index (χ0) is 22.1. The average molecular weight is 429 g/mol. The molecule has 1 fully saturated rings. The van der Waals surface area contributed by atoms with Crippen LogP contribution in [0, 0.1) is 18.3 Å². The Hall–Kier alpha value is -2.04. The lowest BCUT2D eigenvalue weighted by molar-refractivity contribution is -0.154. The van der Waals surface area contributed by atoms with E-state index in [1.165, 1.54) is 0 Å². The summed E-state index contributed by atoms with van der Waals surface area (Å²) >= 11 is 6.03. The molecule has 0 radical (unpaired) electrons. The predicted molar refractivity (Wildman–Crippen MR) is 124 cm³/mol. The monoisotopic (exact) mass is 428 g/mol. The van der Waals surface area contributed by atoms with E-state index in [9.17, 15) is 9.90 Å². The van der Waals surface area contributed by atoms with Gasteiger partial charge in [0.05, 0.1) is 5.60 Å². The van der Waals surface area contributed by atoms with Gasteiger partial charge in [0.1, 0.15) is 6.04 Å². The van der Waals surface area contributed by atoms with E-state index in [1.807, 2.05) is 68.1 Å². The van der Waals surface area contributed by atoms with Crippen LogP contribution in [0.4, 0.5) is 5.69 Å². The Morgan fingerprint density at radius 2 is 1.83 bits per heavy atom. The Bertz CT molecular complexity index is 894. The Kier molecular flexibility index (Phi) is 6.49. The smallest absolute Gasteiger partial charge is 0.245 e. The highest BCUT2D eigenvalue weighted by molar-refractivity contribution is 6.30. The molecule has 0 aliphatic carbocycles. The molecule has 4 nitrogen and oxygen atoms in total. The predicted octanol–water partition coefficient (Wildman–Crippen LogP) is 5.23. The number of nitrogens with zero attached hydrogens (tertiary/aromatic N) is 1. The third kappa shape index (κ3) is 4.50. The number of aryl methyl sites for hydroxylation is 1. The van der Waals surface area contributed by atoms with Gasteiger partial charge in [-0.1, -0.05) is 63.6 Å². The molecular formula is C25H33ClN2O2. The lowest BCUT2D eigenvalue weighted by atomic mass is 9.66. The highest BCUT2D eigenvalue weighted by Crippen LogP contribution is 2.46. The molecule has 162 valence electrons. The molecule has 1 heterocycles. The van der Waals surface area contributed by atoms with Gasteiger partial charge in [0, 0.05) is 29.2 Å². The number of aliphatic hydroxyl groups is 1. The van der Waals surface area contributed by atoms with Crippen molar-refractivity contribution in [1.29, 1.82) is 0 Å². The molecule has 3 rings (SSSR count). The summed E-state index contributed by atoms with van der Waals surface area (Å²) in [4.78, 5) is 15.4. The Morgan fingerprint density at radius 1 is 1.17 bits per heavy atom. The van der Waals surface area contributed by atoms with Gasteiger partial charge in [-0.05, 0) is 54.7 Å². The molecule has 5 heteroatoms. The number of halogens is 1. The quantitative estimate of drug-likeness (QED) is 0.685. The summed E-state index contributed by atoms with van der Waals surface area (Å²) in [5.41, 5.74) is 1.45. The fraction of sp³-hybridized carbons (Fsp3) is 0.480. The molecule has 1 amide bonds. The second kappa shape index (κ2) is 8.60. The molecule has 1 aliphatic rings. The highest BCUT2D eigenvalue weighted by Gasteiger charge is 2.50. The summed E-state index contributed by atoms with van der Waals surface area (Å²) in [6.45, 7) is 11.2. The van der Waals surface area contributed by atoms with Gasteiger partial charge in [-0.25, -0.2) is 0 Å². The molecule has 0 saturated carbocycles. The maximum absolute atomic E-state index is 13.5. The van der Waals surface area contributed by atoms with Gasteiger partial charge >= 0.3 is 0 Å². The molecule has 1 saturated heterocycles. The number of nitrogens with one attached hydrogen (secondary N) is 1. The zero-order valence-electron chi connectivity index (χ0n) is 18.6. The topological polar surface area (TPSA) is 52.6 Å². The number of hydrogen-bond acceptors (Lipinski definition) is 3. The molecule has 1 aliphatic heterocycles. The lowest BCUT2D eigenvalue weighted by Gasteiger charge is -2.51. The van der Waals surface area contributed by atoms with Crippen molar-refractivity contribution in [2.24, 2.45) is 11.3 Å². The number of piperidine rings is 1. The molecule has 0 aromatic heterocycles. The molecule has 2 atom stereocenters. The van der Waals surface area contributed by atoms with Crippen molar-refractivity contribution in [3.05, 3.63) is 64.7 Å². The zero-order valence-corrected chi connectivity index (χ0v) is 19.3. The van der Waals surface area contributed by atoms with Crippen LogP contribution in [0.2, 0.25) is 5.02 Å². The summed E-state index contributed by atoms with van der Waals surface area (Å²) in [6, 6.07) is 15.2. The van der Waals surface area contributed by atoms with Crippen molar-refractivity contribution >= 4 is 23.2 Å². The van der Waals surface area contributed by atoms with Crippen LogP contribution in [0.3, 0.4) is 0 Å². The number of hydrogen-bond donors (Lipinski definition) is 2. The van der Waals surface area contributed by atoms with Crippen molar-refractivity contribution < 1.29 is 9.90 Å². The van der Waals surface area contributed by atoms with Gasteiger partial charge in [0.25, 0.3) is 0 Å². The van der Waals surface area contributed by atoms with Crippen LogP contribution >= 0.6 is 11.6 Å². The third-order valence-corrected chi connectivity index (χ3v) is 6.61. The highest BCUT2D eigenvalue weighted by atomic mass is 35.5. The molecular weight excluding hydrogens is 396 g/mol. The van der Waals surface area contributed by atoms with Gasteiger partial charge in [0.15, 0.2) is 0 Å². The number of rotatable bonds is 5. The van der Waals surface area contributed by atoms with E-state index in [-0.39, 0.29) is 17.9 Å². The second-order valence-corrected chi connectivity index (χ2v) is 9.93. The molecule has 2 N–H and O–H groups in total. The molecule has 0 unspecified atom stereocenters. The van der Waals surface area contributed by atoms with E-state index in [0.29, 0.717) is 24.5 Å². The number of likely N-dealkylation sites (tertiary alicyclic amines) is 1. The number of amides is 1. The molecule has 2 aromatic rings. The summed E-state index contributed by atoms with van der Waals surface area (Å²) in [6.07, 6.45) is 0.489. The van der Waals surface area contributed by atoms with Crippen LogP contribution in [-0.4, -0.2) is 35.0 Å². The van der Waals surface area contributed by atoms with E-state index in [2.05, 4.69) is 25.2 Å². The second-order valence-electron chi connectivity index (χ2n) is 9.50. The van der Waals surface area contributed by atoms with Crippen molar-refractivity contribution in [1.82, 2.24) is 4.90 Å². The molecule has 0 spiro atoms. The van der Waals surface area contributed by atoms with Gasteiger partial charge in [-0.15, -0.1) is 0 Å². The van der Waals surface area contributed by atoms with Crippen LogP contribution in [0.5, 0.6) is 0 Å². The van der Waals surface area contributed by atoms with Crippen molar-refractivity contribution in [3.63, 3.8) is 0 Å². The summed E-state index contributed by atoms with van der Waals surface area (Å²) in [5, 5.41) is 15.7.